The standard InChI is InChI=1S/C12H23N3O4S/c1-8(2)19-12(16)15-20(17,18)14-11-4-3-9-6-13-7-10(9)5-11/h8-11,13-14H,3-7H2,1-2H3,(H,15,16)/t9-,10+,11?/m0/s1. The van der Waals surface area contributed by atoms with E-state index in [2.05, 4.69) is 10.0 Å². The molecule has 2 fully saturated rings. The van der Waals surface area contributed by atoms with Gasteiger partial charge in [0.15, 0.2) is 0 Å². The summed E-state index contributed by atoms with van der Waals surface area (Å²) in [5.74, 6) is 1.19. The number of rotatable bonds is 4. The molecule has 1 saturated carbocycles. The highest BCUT2D eigenvalue weighted by Gasteiger charge is 2.35. The third-order valence-electron chi connectivity index (χ3n) is 3.84. The van der Waals surface area contributed by atoms with Crippen LogP contribution in [0.5, 0.6) is 0 Å². The molecule has 2 aliphatic rings. The van der Waals surface area contributed by atoms with Gasteiger partial charge in [-0.05, 0) is 58.0 Å². The maximum Gasteiger partial charge on any atom is 0.422 e. The Labute approximate surface area is 120 Å². The van der Waals surface area contributed by atoms with E-state index >= 15 is 0 Å². The SMILES string of the molecule is CC(C)OC(=O)NS(=O)(=O)NC1CC[C@H]2CNC[C@H]2C1. The first-order valence-corrected chi connectivity index (χ1v) is 8.55. The Morgan fingerprint density at radius 3 is 2.65 bits per heavy atom. The molecule has 1 heterocycles. The zero-order chi connectivity index (χ0) is 14.8. The van der Waals surface area contributed by atoms with Gasteiger partial charge in [-0.1, -0.05) is 0 Å². The fraction of sp³-hybridized carbons (Fsp3) is 0.917. The number of hydrogen-bond donors (Lipinski definition) is 3. The van der Waals surface area contributed by atoms with Crippen LogP contribution in [-0.2, 0) is 14.9 Å². The average molecular weight is 305 g/mol. The predicted octanol–water partition coefficient (Wildman–Crippen LogP) is 0.344. The lowest BCUT2D eigenvalue weighted by atomic mass is 9.79. The maximum atomic E-state index is 11.8. The molecule has 3 N–H and O–H groups in total. The van der Waals surface area contributed by atoms with Crippen LogP contribution in [0.15, 0.2) is 0 Å². The average Bonchev–Trinajstić information content (AvgIpc) is 2.72. The molecule has 0 aromatic heterocycles. The maximum absolute atomic E-state index is 11.8. The van der Waals surface area contributed by atoms with E-state index in [1.807, 2.05) is 4.72 Å². The van der Waals surface area contributed by atoms with Gasteiger partial charge in [-0.3, -0.25) is 0 Å². The van der Waals surface area contributed by atoms with Gasteiger partial charge in [-0.2, -0.15) is 13.1 Å². The lowest BCUT2D eigenvalue weighted by Gasteiger charge is -2.31. The van der Waals surface area contributed by atoms with Crippen molar-refractivity contribution in [1.82, 2.24) is 14.8 Å². The largest absolute Gasteiger partial charge is 0.446 e. The second-order valence-electron chi connectivity index (χ2n) is 5.87. The van der Waals surface area contributed by atoms with Crippen molar-refractivity contribution < 1.29 is 17.9 Å². The van der Waals surface area contributed by atoms with Crippen LogP contribution in [0.4, 0.5) is 4.79 Å². The fourth-order valence-electron chi connectivity index (χ4n) is 3.00. The summed E-state index contributed by atoms with van der Waals surface area (Å²) in [6, 6.07) is -0.111. The van der Waals surface area contributed by atoms with Crippen LogP contribution in [0, 0.1) is 11.8 Å². The Balaban J connectivity index is 1.84. The molecule has 7 nitrogen and oxygen atoms in total. The van der Waals surface area contributed by atoms with Gasteiger partial charge < -0.3 is 10.1 Å². The molecule has 2 rings (SSSR count). The number of carbonyl (C=O) groups excluding carboxylic acids is 1. The van der Waals surface area contributed by atoms with Crippen molar-refractivity contribution in [3.63, 3.8) is 0 Å². The number of carbonyl (C=O) groups is 1. The van der Waals surface area contributed by atoms with Gasteiger partial charge in [0.05, 0.1) is 6.10 Å². The van der Waals surface area contributed by atoms with Gasteiger partial charge in [0.1, 0.15) is 0 Å². The summed E-state index contributed by atoms with van der Waals surface area (Å²) in [6.07, 6.45) is 1.34. The summed E-state index contributed by atoms with van der Waals surface area (Å²) < 4.78 is 32.9. The minimum Gasteiger partial charge on any atom is -0.446 e. The van der Waals surface area contributed by atoms with E-state index < -0.39 is 16.3 Å². The van der Waals surface area contributed by atoms with Crippen molar-refractivity contribution in [3.05, 3.63) is 0 Å². The molecular formula is C12H23N3O4S. The van der Waals surface area contributed by atoms with Crippen molar-refractivity contribution in [2.24, 2.45) is 11.8 Å². The summed E-state index contributed by atoms with van der Waals surface area (Å²) in [5, 5.41) is 3.33. The van der Waals surface area contributed by atoms with Crippen molar-refractivity contribution in [3.8, 4) is 0 Å². The first kappa shape index (κ1) is 15.5. The molecule has 1 saturated heterocycles. The van der Waals surface area contributed by atoms with Gasteiger partial charge >= 0.3 is 16.3 Å². The van der Waals surface area contributed by atoms with Gasteiger partial charge in [-0.15, -0.1) is 0 Å². The van der Waals surface area contributed by atoms with E-state index in [0.717, 1.165) is 32.4 Å². The molecule has 116 valence electrons. The second kappa shape index (κ2) is 6.28. The van der Waals surface area contributed by atoms with Crippen LogP contribution in [-0.4, -0.2) is 39.7 Å². The predicted molar refractivity (Wildman–Crippen MR) is 74.3 cm³/mol. The number of hydrogen-bond acceptors (Lipinski definition) is 5. The van der Waals surface area contributed by atoms with Gasteiger partial charge in [0, 0.05) is 6.04 Å². The smallest absolute Gasteiger partial charge is 0.422 e. The van der Waals surface area contributed by atoms with Crippen LogP contribution in [0.25, 0.3) is 0 Å². The van der Waals surface area contributed by atoms with Crippen LogP contribution >= 0.6 is 0 Å². The Kier molecular flexibility index (Phi) is 4.87. The quantitative estimate of drug-likeness (QED) is 0.696. The molecule has 0 aromatic rings. The minimum absolute atomic E-state index is 0.111. The Hall–Kier alpha value is -0.860. The zero-order valence-electron chi connectivity index (χ0n) is 11.9. The molecule has 20 heavy (non-hydrogen) atoms. The highest BCUT2D eigenvalue weighted by Crippen LogP contribution is 2.32. The Bertz CT molecular complexity index is 452. The summed E-state index contributed by atoms with van der Waals surface area (Å²) >= 11 is 0. The normalized spacial score (nSPS) is 30.1. The lowest BCUT2D eigenvalue weighted by molar-refractivity contribution is 0.121. The van der Waals surface area contributed by atoms with E-state index in [9.17, 15) is 13.2 Å². The number of ether oxygens (including phenoxy) is 1. The first-order valence-electron chi connectivity index (χ1n) is 7.07. The highest BCUT2D eigenvalue weighted by atomic mass is 32.2. The zero-order valence-corrected chi connectivity index (χ0v) is 12.7. The van der Waals surface area contributed by atoms with E-state index in [-0.39, 0.29) is 12.1 Å². The summed E-state index contributed by atoms with van der Waals surface area (Å²) in [4.78, 5) is 11.3. The molecule has 0 radical (unpaired) electrons. The molecule has 0 aromatic carbocycles. The van der Waals surface area contributed by atoms with Crippen LogP contribution in [0.2, 0.25) is 0 Å². The minimum atomic E-state index is -3.85. The Morgan fingerprint density at radius 2 is 1.95 bits per heavy atom. The third kappa shape index (κ3) is 4.32. The summed E-state index contributed by atoms with van der Waals surface area (Å²) in [6.45, 7) is 5.30. The van der Waals surface area contributed by atoms with Crippen molar-refractivity contribution >= 4 is 16.3 Å². The molecule has 8 heteroatoms. The molecule has 1 aliphatic heterocycles. The molecule has 1 aliphatic carbocycles. The van der Waals surface area contributed by atoms with Crippen molar-refractivity contribution in [1.29, 1.82) is 0 Å². The topological polar surface area (TPSA) is 96.5 Å². The van der Waals surface area contributed by atoms with E-state index in [1.54, 1.807) is 13.8 Å². The van der Waals surface area contributed by atoms with E-state index in [1.165, 1.54) is 0 Å². The van der Waals surface area contributed by atoms with Crippen LogP contribution in [0.3, 0.4) is 0 Å². The molecule has 1 amide bonds. The van der Waals surface area contributed by atoms with E-state index in [0.29, 0.717) is 11.8 Å². The van der Waals surface area contributed by atoms with Crippen molar-refractivity contribution in [2.45, 2.75) is 45.3 Å². The first-order chi connectivity index (χ1) is 9.35. The fourth-order valence-corrected chi connectivity index (χ4v) is 3.98. The van der Waals surface area contributed by atoms with Crippen LogP contribution in [0.1, 0.15) is 33.1 Å². The third-order valence-corrected chi connectivity index (χ3v) is 4.91. The monoisotopic (exact) mass is 305 g/mol. The summed E-state index contributed by atoms with van der Waals surface area (Å²) in [7, 11) is -3.85. The van der Waals surface area contributed by atoms with Crippen molar-refractivity contribution in [2.75, 3.05) is 13.1 Å². The second-order valence-corrected chi connectivity index (χ2v) is 7.31. The molecule has 3 atom stereocenters. The van der Waals surface area contributed by atoms with Crippen LogP contribution < -0.4 is 14.8 Å². The number of amides is 1. The Morgan fingerprint density at radius 1 is 1.25 bits per heavy atom. The van der Waals surface area contributed by atoms with Gasteiger partial charge in [-0.25, -0.2) is 9.52 Å². The molecule has 0 spiro atoms. The molecule has 0 bridgehead atoms. The highest BCUT2D eigenvalue weighted by molar-refractivity contribution is 7.88. The summed E-state index contributed by atoms with van der Waals surface area (Å²) in [5.41, 5.74) is 0. The number of fused-ring (bicyclic) bond motifs is 1. The van der Waals surface area contributed by atoms with Gasteiger partial charge in [0.25, 0.3) is 0 Å². The van der Waals surface area contributed by atoms with E-state index in [4.69, 9.17) is 4.74 Å². The lowest BCUT2D eigenvalue weighted by Crippen LogP contribution is -2.47. The molecular weight excluding hydrogens is 282 g/mol. The molecule has 1 unspecified atom stereocenters. The number of nitrogens with one attached hydrogen (secondary N) is 3. The van der Waals surface area contributed by atoms with Gasteiger partial charge in [0.2, 0.25) is 0 Å².